The summed E-state index contributed by atoms with van der Waals surface area (Å²) in [6.45, 7) is 5.62. The molecule has 1 saturated carbocycles. The summed E-state index contributed by atoms with van der Waals surface area (Å²) in [6.07, 6.45) is 4.15. The van der Waals surface area contributed by atoms with Gasteiger partial charge in [0.2, 0.25) is 10.0 Å². The molecule has 0 aromatic carbocycles. The minimum Gasteiger partial charge on any atom is -0.281 e. The van der Waals surface area contributed by atoms with Crippen LogP contribution < -0.4 is 4.72 Å². The average molecular weight is 271 g/mol. The minimum absolute atomic E-state index is 0.0625. The standard InChI is InChI=1S/C12H21N3O2S/c1-8-5-4-6-11(7-8)15-18(16,17)12-9(2)13-14-10(12)3/h8,11,15H,4-7H2,1-3H3,(H,13,14). The summed E-state index contributed by atoms with van der Waals surface area (Å²) < 4.78 is 27.5. The van der Waals surface area contributed by atoms with Crippen molar-refractivity contribution in [2.45, 2.75) is 57.4 Å². The highest BCUT2D eigenvalue weighted by Gasteiger charge is 2.27. The van der Waals surface area contributed by atoms with E-state index in [2.05, 4.69) is 21.8 Å². The van der Waals surface area contributed by atoms with Crippen molar-refractivity contribution in [3.8, 4) is 0 Å². The molecule has 0 spiro atoms. The van der Waals surface area contributed by atoms with Gasteiger partial charge in [0, 0.05) is 6.04 Å². The summed E-state index contributed by atoms with van der Waals surface area (Å²) in [4.78, 5) is 0.306. The molecule has 1 heterocycles. The van der Waals surface area contributed by atoms with Crippen molar-refractivity contribution < 1.29 is 8.42 Å². The molecule has 0 aliphatic heterocycles. The van der Waals surface area contributed by atoms with Crippen molar-refractivity contribution in [2.24, 2.45) is 5.92 Å². The highest BCUT2D eigenvalue weighted by atomic mass is 32.2. The van der Waals surface area contributed by atoms with Crippen LogP contribution in [0.4, 0.5) is 0 Å². The van der Waals surface area contributed by atoms with Gasteiger partial charge in [-0.25, -0.2) is 13.1 Å². The van der Waals surface area contributed by atoms with Gasteiger partial charge in [0.1, 0.15) is 4.90 Å². The molecule has 5 nitrogen and oxygen atoms in total. The summed E-state index contributed by atoms with van der Waals surface area (Å²) in [7, 11) is -3.45. The molecule has 2 rings (SSSR count). The molecule has 0 saturated heterocycles. The van der Waals surface area contributed by atoms with Crippen molar-refractivity contribution in [3.05, 3.63) is 11.4 Å². The molecule has 2 unspecified atom stereocenters. The zero-order chi connectivity index (χ0) is 13.3. The molecule has 0 bridgehead atoms. The molecule has 102 valence electrons. The molecule has 1 aliphatic rings. The fourth-order valence-electron chi connectivity index (χ4n) is 2.76. The van der Waals surface area contributed by atoms with Gasteiger partial charge in [0.25, 0.3) is 0 Å². The van der Waals surface area contributed by atoms with Crippen LogP contribution >= 0.6 is 0 Å². The van der Waals surface area contributed by atoms with E-state index in [0.717, 1.165) is 19.3 Å². The van der Waals surface area contributed by atoms with Crippen molar-refractivity contribution in [1.29, 1.82) is 0 Å². The maximum Gasteiger partial charge on any atom is 0.244 e. The predicted molar refractivity (Wildman–Crippen MR) is 69.8 cm³/mol. The average Bonchev–Trinajstić information content (AvgIpc) is 2.58. The fraction of sp³-hybridized carbons (Fsp3) is 0.750. The summed E-state index contributed by atoms with van der Waals surface area (Å²) in [5.41, 5.74) is 1.13. The Balaban J connectivity index is 2.17. The summed E-state index contributed by atoms with van der Waals surface area (Å²) in [5.74, 6) is 0.595. The van der Waals surface area contributed by atoms with Crippen LogP contribution in [0.25, 0.3) is 0 Å². The molecule has 0 radical (unpaired) electrons. The number of nitrogens with one attached hydrogen (secondary N) is 2. The first-order valence-corrected chi connectivity index (χ1v) is 7.92. The van der Waals surface area contributed by atoms with Crippen LogP contribution in [0, 0.1) is 19.8 Å². The van der Waals surface area contributed by atoms with Gasteiger partial charge in [-0.15, -0.1) is 0 Å². The molecule has 6 heteroatoms. The number of aromatic amines is 1. The second kappa shape index (κ2) is 5.01. The number of aryl methyl sites for hydroxylation is 2. The molecule has 1 fully saturated rings. The molecule has 0 amide bonds. The van der Waals surface area contributed by atoms with E-state index >= 15 is 0 Å². The van der Waals surface area contributed by atoms with E-state index < -0.39 is 10.0 Å². The molecule has 1 aliphatic carbocycles. The molecule has 2 atom stereocenters. The topological polar surface area (TPSA) is 74.8 Å². The summed E-state index contributed by atoms with van der Waals surface area (Å²) in [6, 6.07) is 0.0625. The Morgan fingerprint density at radius 3 is 2.61 bits per heavy atom. The summed E-state index contributed by atoms with van der Waals surface area (Å²) in [5, 5.41) is 6.67. The van der Waals surface area contributed by atoms with Crippen LogP contribution in [0.2, 0.25) is 0 Å². The van der Waals surface area contributed by atoms with Crippen LogP contribution in [-0.2, 0) is 10.0 Å². The van der Waals surface area contributed by atoms with E-state index in [4.69, 9.17) is 0 Å². The van der Waals surface area contributed by atoms with Gasteiger partial charge in [-0.1, -0.05) is 19.8 Å². The van der Waals surface area contributed by atoms with Crippen molar-refractivity contribution >= 4 is 10.0 Å². The van der Waals surface area contributed by atoms with Gasteiger partial charge in [-0.3, -0.25) is 5.10 Å². The highest BCUT2D eigenvalue weighted by Crippen LogP contribution is 2.25. The molecular formula is C12H21N3O2S. The molecule has 1 aromatic rings. The Morgan fingerprint density at radius 2 is 2.06 bits per heavy atom. The third kappa shape index (κ3) is 2.75. The Bertz CT molecular complexity index is 502. The van der Waals surface area contributed by atoms with Crippen LogP contribution in [-0.4, -0.2) is 24.7 Å². The van der Waals surface area contributed by atoms with Crippen molar-refractivity contribution in [2.75, 3.05) is 0 Å². The zero-order valence-corrected chi connectivity index (χ0v) is 12.0. The van der Waals surface area contributed by atoms with Gasteiger partial charge in [0.15, 0.2) is 0 Å². The molecular weight excluding hydrogens is 250 g/mol. The third-order valence-corrected chi connectivity index (χ3v) is 5.37. The first kappa shape index (κ1) is 13.5. The number of hydrogen-bond donors (Lipinski definition) is 2. The van der Waals surface area contributed by atoms with Crippen molar-refractivity contribution in [3.63, 3.8) is 0 Å². The first-order chi connectivity index (χ1) is 8.40. The smallest absolute Gasteiger partial charge is 0.244 e. The quantitative estimate of drug-likeness (QED) is 0.881. The number of sulfonamides is 1. The number of rotatable bonds is 3. The van der Waals surface area contributed by atoms with E-state index in [9.17, 15) is 8.42 Å². The van der Waals surface area contributed by atoms with Gasteiger partial charge >= 0.3 is 0 Å². The lowest BCUT2D eigenvalue weighted by Gasteiger charge is -2.27. The van der Waals surface area contributed by atoms with E-state index in [1.807, 2.05) is 0 Å². The van der Waals surface area contributed by atoms with Crippen LogP contribution in [0.1, 0.15) is 44.0 Å². The molecule has 18 heavy (non-hydrogen) atoms. The number of hydrogen-bond acceptors (Lipinski definition) is 3. The summed E-state index contributed by atoms with van der Waals surface area (Å²) >= 11 is 0. The van der Waals surface area contributed by atoms with Gasteiger partial charge in [-0.2, -0.15) is 5.10 Å². The number of H-pyrrole nitrogens is 1. The fourth-order valence-corrected chi connectivity index (χ4v) is 4.41. The Labute approximate surface area is 108 Å². The lowest BCUT2D eigenvalue weighted by atomic mass is 9.88. The van der Waals surface area contributed by atoms with E-state index in [-0.39, 0.29) is 6.04 Å². The van der Waals surface area contributed by atoms with Gasteiger partial charge < -0.3 is 0 Å². The van der Waals surface area contributed by atoms with Gasteiger partial charge in [-0.05, 0) is 32.6 Å². The van der Waals surface area contributed by atoms with Crippen molar-refractivity contribution in [1.82, 2.24) is 14.9 Å². The lowest BCUT2D eigenvalue weighted by molar-refractivity contribution is 0.327. The SMILES string of the molecule is Cc1n[nH]c(C)c1S(=O)(=O)NC1CCCC(C)C1. The second-order valence-electron chi connectivity index (χ2n) is 5.35. The Morgan fingerprint density at radius 1 is 1.33 bits per heavy atom. The molecule has 2 N–H and O–H groups in total. The van der Waals surface area contributed by atoms with E-state index in [1.54, 1.807) is 13.8 Å². The Kier molecular flexibility index (Phi) is 3.77. The predicted octanol–water partition coefficient (Wildman–Crippen LogP) is 1.88. The zero-order valence-electron chi connectivity index (χ0n) is 11.2. The monoisotopic (exact) mass is 271 g/mol. The molecule has 1 aromatic heterocycles. The number of aromatic nitrogens is 2. The number of nitrogens with zero attached hydrogens (tertiary/aromatic N) is 1. The Hall–Kier alpha value is -0.880. The second-order valence-corrected chi connectivity index (χ2v) is 7.00. The van der Waals surface area contributed by atoms with Crippen LogP contribution in [0.15, 0.2) is 4.90 Å². The van der Waals surface area contributed by atoms with E-state index in [0.29, 0.717) is 22.2 Å². The minimum atomic E-state index is -3.45. The lowest BCUT2D eigenvalue weighted by Crippen LogP contribution is -2.38. The maximum atomic E-state index is 12.3. The van der Waals surface area contributed by atoms with E-state index in [1.165, 1.54) is 6.42 Å². The third-order valence-electron chi connectivity index (χ3n) is 3.59. The first-order valence-electron chi connectivity index (χ1n) is 6.44. The largest absolute Gasteiger partial charge is 0.281 e. The van der Waals surface area contributed by atoms with Crippen LogP contribution in [0.3, 0.4) is 0 Å². The van der Waals surface area contributed by atoms with Gasteiger partial charge in [0.05, 0.1) is 11.4 Å². The highest BCUT2D eigenvalue weighted by molar-refractivity contribution is 7.89. The normalized spacial score (nSPS) is 25.3. The maximum absolute atomic E-state index is 12.3. The van der Waals surface area contributed by atoms with Crippen LogP contribution in [0.5, 0.6) is 0 Å².